The normalized spacial score (nSPS) is 22.7. The van der Waals surface area contributed by atoms with Gasteiger partial charge in [-0.3, -0.25) is 14.5 Å². The van der Waals surface area contributed by atoms with E-state index in [0.29, 0.717) is 12.5 Å². The van der Waals surface area contributed by atoms with Gasteiger partial charge in [-0.25, -0.2) is 0 Å². The zero-order chi connectivity index (χ0) is 18.8. The Morgan fingerprint density at radius 3 is 2.33 bits per heavy atom. The molecule has 3 heterocycles. The van der Waals surface area contributed by atoms with Crippen LogP contribution >= 0.6 is 0 Å². The average molecular weight is 362 g/mol. The Balaban J connectivity index is 1.47. The van der Waals surface area contributed by atoms with E-state index in [2.05, 4.69) is 21.9 Å². The largest absolute Gasteiger partial charge is 0.334 e. The molecule has 2 atom stereocenters. The summed E-state index contributed by atoms with van der Waals surface area (Å²) in [5.74, 6) is 0.505. The van der Waals surface area contributed by atoms with Gasteiger partial charge >= 0.3 is 0 Å². The molecule has 0 N–H and O–H groups in total. The van der Waals surface area contributed by atoms with E-state index in [-0.39, 0.29) is 17.7 Å². The Bertz CT molecular complexity index is 816. The van der Waals surface area contributed by atoms with Crippen molar-refractivity contribution in [3.63, 3.8) is 0 Å². The van der Waals surface area contributed by atoms with Crippen LogP contribution in [0.4, 0.5) is 0 Å². The van der Waals surface area contributed by atoms with Crippen molar-refractivity contribution in [2.24, 2.45) is 5.92 Å². The Labute approximate surface area is 160 Å². The SMILES string of the molecule is CC(=O)c1ccc(CN2C[C@@H]3CC[C@H](C2)N(Cc2ccccc2)C3=O)cc1. The minimum atomic E-state index is 0.0940. The Morgan fingerprint density at radius 1 is 0.926 bits per heavy atom. The van der Waals surface area contributed by atoms with Crippen molar-refractivity contribution in [3.05, 3.63) is 71.3 Å². The van der Waals surface area contributed by atoms with E-state index in [1.54, 1.807) is 6.92 Å². The number of hydrogen-bond acceptors (Lipinski definition) is 3. The molecule has 3 fully saturated rings. The van der Waals surface area contributed by atoms with E-state index >= 15 is 0 Å². The standard InChI is InChI=1S/C23H26N2O2/c1-17(26)20-9-7-19(8-10-20)13-24-15-21-11-12-22(16-24)25(23(21)27)14-18-5-3-2-4-6-18/h2-10,21-22H,11-16H2,1H3/t21-,22+/m0/s1. The van der Waals surface area contributed by atoms with Gasteiger partial charge in [-0.2, -0.15) is 0 Å². The van der Waals surface area contributed by atoms with Crippen molar-refractivity contribution >= 4 is 11.7 Å². The quantitative estimate of drug-likeness (QED) is 0.764. The minimum absolute atomic E-state index is 0.0940. The summed E-state index contributed by atoms with van der Waals surface area (Å²) in [4.78, 5) is 29.0. The molecule has 0 aliphatic carbocycles. The molecule has 0 aromatic heterocycles. The molecule has 2 aromatic carbocycles. The Morgan fingerprint density at radius 2 is 1.63 bits per heavy atom. The zero-order valence-corrected chi connectivity index (χ0v) is 15.8. The molecule has 2 bridgehead atoms. The molecule has 3 aliphatic heterocycles. The van der Waals surface area contributed by atoms with Crippen molar-refractivity contribution in [1.29, 1.82) is 0 Å². The van der Waals surface area contributed by atoms with E-state index in [0.717, 1.165) is 38.0 Å². The van der Waals surface area contributed by atoms with Gasteiger partial charge in [0, 0.05) is 37.8 Å². The lowest BCUT2D eigenvalue weighted by molar-refractivity contribution is -0.140. The highest BCUT2D eigenvalue weighted by atomic mass is 16.2. The molecule has 5 rings (SSSR count). The molecule has 0 unspecified atom stereocenters. The Hall–Kier alpha value is -2.46. The highest BCUT2D eigenvalue weighted by molar-refractivity contribution is 5.94. The highest BCUT2D eigenvalue weighted by Crippen LogP contribution is 2.31. The van der Waals surface area contributed by atoms with E-state index in [1.165, 1.54) is 11.1 Å². The van der Waals surface area contributed by atoms with Crippen LogP contribution in [0, 0.1) is 5.92 Å². The molecule has 3 aliphatic rings. The second-order valence-corrected chi connectivity index (χ2v) is 7.83. The number of nitrogens with zero attached hydrogens (tertiary/aromatic N) is 2. The van der Waals surface area contributed by atoms with Crippen molar-refractivity contribution in [2.75, 3.05) is 13.1 Å². The molecule has 4 heteroatoms. The maximum absolute atomic E-state index is 13.0. The number of fused-ring (bicyclic) bond motifs is 4. The molecular weight excluding hydrogens is 336 g/mol. The summed E-state index contributed by atoms with van der Waals surface area (Å²) in [6, 6.07) is 18.4. The summed E-state index contributed by atoms with van der Waals surface area (Å²) >= 11 is 0. The van der Waals surface area contributed by atoms with Gasteiger partial charge < -0.3 is 4.90 Å². The van der Waals surface area contributed by atoms with E-state index in [1.807, 2.05) is 42.5 Å². The van der Waals surface area contributed by atoms with Crippen LogP contribution in [0.5, 0.6) is 0 Å². The highest BCUT2D eigenvalue weighted by Gasteiger charge is 2.40. The third-order valence-corrected chi connectivity index (χ3v) is 5.83. The first-order valence-corrected chi connectivity index (χ1v) is 9.77. The molecule has 4 nitrogen and oxygen atoms in total. The first kappa shape index (κ1) is 17.9. The Kier molecular flexibility index (Phi) is 5.08. The maximum atomic E-state index is 13.0. The summed E-state index contributed by atoms with van der Waals surface area (Å²) in [5.41, 5.74) is 3.15. The van der Waals surface area contributed by atoms with Crippen LogP contribution in [0.1, 0.15) is 41.3 Å². The van der Waals surface area contributed by atoms with Gasteiger partial charge in [0.2, 0.25) is 5.91 Å². The molecule has 1 amide bonds. The molecule has 0 spiro atoms. The lowest BCUT2D eigenvalue weighted by atomic mass is 9.93. The summed E-state index contributed by atoms with van der Waals surface area (Å²) in [5, 5.41) is 0. The number of benzene rings is 2. The van der Waals surface area contributed by atoms with E-state index in [4.69, 9.17) is 0 Å². The number of piperidine rings is 1. The predicted octanol–water partition coefficient (Wildman–Crippen LogP) is 3.51. The van der Waals surface area contributed by atoms with Crippen molar-refractivity contribution in [3.8, 4) is 0 Å². The van der Waals surface area contributed by atoms with Gasteiger partial charge in [0.25, 0.3) is 0 Å². The summed E-state index contributed by atoms with van der Waals surface area (Å²) < 4.78 is 0. The molecule has 140 valence electrons. The average Bonchev–Trinajstić information content (AvgIpc) is 2.94. The van der Waals surface area contributed by atoms with Gasteiger partial charge in [-0.05, 0) is 30.9 Å². The fourth-order valence-corrected chi connectivity index (χ4v) is 4.35. The predicted molar refractivity (Wildman–Crippen MR) is 105 cm³/mol. The summed E-state index contributed by atoms with van der Waals surface area (Å²) in [7, 11) is 0. The van der Waals surface area contributed by atoms with Gasteiger partial charge in [0.05, 0.1) is 5.92 Å². The fourth-order valence-electron chi connectivity index (χ4n) is 4.35. The molecule has 0 saturated carbocycles. The lowest BCUT2D eigenvalue weighted by Gasteiger charge is -2.36. The van der Waals surface area contributed by atoms with Gasteiger partial charge in [-0.15, -0.1) is 0 Å². The zero-order valence-electron chi connectivity index (χ0n) is 15.8. The second-order valence-electron chi connectivity index (χ2n) is 7.83. The third kappa shape index (κ3) is 3.96. The van der Waals surface area contributed by atoms with Crippen LogP contribution in [0.2, 0.25) is 0 Å². The third-order valence-electron chi connectivity index (χ3n) is 5.83. The molecular formula is C23H26N2O2. The van der Waals surface area contributed by atoms with Crippen LogP contribution < -0.4 is 0 Å². The summed E-state index contributed by atoms with van der Waals surface area (Å²) in [6.07, 6.45) is 2.08. The number of carbonyl (C=O) groups excluding carboxylic acids is 2. The number of hydrogen-bond donors (Lipinski definition) is 0. The van der Waals surface area contributed by atoms with Gasteiger partial charge in [0.15, 0.2) is 5.78 Å². The number of amides is 1. The first-order valence-electron chi connectivity index (χ1n) is 9.77. The smallest absolute Gasteiger partial charge is 0.227 e. The van der Waals surface area contributed by atoms with Crippen LogP contribution in [-0.4, -0.2) is 40.6 Å². The van der Waals surface area contributed by atoms with Gasteiger partial charge in [-0.1, -0.05) is 54.6 Å². The molecule has 0 radical (unpaired) electrons. The lowest BCUT2D eigenvalue weighted by Crippen LogP contribution is -2.47. The van der Waals surface area contributed by atoms with E-state index < -0.39 is 0 Å². The van der Waals surface area contributed by atoms with Crippen LogP contribution in [0.3, 0.4) is 0 Å². The van der Waals surface area contributed by atoms with Crippen molar-refractivity contribution in [1.82, 2.24) is 9.80 Å². The van der Waals surface area contributed by atoms with E-state index in [9.17, 15) is 9.59 Å². The number of ketones is 1. The topological polar surface area (TPSA) is 40.6 Å². The first-order chi connectivity index (χ1) is 13.1. The number of carbonyl (C=O) groups is 2. The number of rotatable bonds is 5. The monoisotopic (exact) mass is 362 g/mol. The fraction of sp³-hybridized carbons (Fsp3) is 0.391. The summed E-state index contributed by atoms with van der Waals surface area (Å²) in [6.45, 7) is 4.88. The minimum Gasteiger partial charge on any atom is -0.334 e. The maximum Gasteiger partial charge on any atom is 0.227 e. The van der Waals surface area contributed by atoms with Crippen LogP contribution in [0.15, 0.2) is 54.6 Å². The molecule has 27 heavy (non-hydrogen) atoms. The van der Waals surface area contributed by atoms with Crippen LogP contribution in [0.25, 0.3) is 0 Å². The van der Waals surface area contributed by atoms with Crippen molar-refractivity contribution in [2.45, 2.75) is 38.9 Å². The van der Waals surface area contributed by atoms with Crippen LogP contribution in [-0.2, 0) is 17.9 Å². The number of Topliss-reactive ketones (excluding diaryl/α,β-unsaturated/α-hetero) is 1. The second kappa shape index (κ2) is 7.65. The molecule has 3 saturated heterocycles. The van der Waals surface area contributed by atoms with Crippen molar-refractivity contribution < 1.29 is 9.59 Å². The van der Waals surface area contributed by atoms with Gasteiger partial charge in [0.1, 0.15) is 0 Å². The molecule has 2 aromatic rings.